The van der Waals surface area contributed by atoms with Crippen molar-refractivity contribution >= 4 is 12.3 Å². The van der Waals surface area contributed by atoms with Crippen LogP contribution in [0.4, 0.5) is 0 Å². The van der Waals surface area contributed by atoms with Gasteiger partial charge in [-0.3, -0.25) is 5.21 Å². The number of para-hydroxylation sites is 2. The van der Waals surface area contributed by atoms with Gasteiger partial charge in [-0.2, -0.15) is 0 Å². The van der Waals surface area contributed by atoms with Crippen molar-refractivity contribution in [2.45, 2.75) is 25.7 Å². The van der Waals surface area contributed by atoms with E-state index in [4.69, 9.17) is 4.84 Å². The summed E-state index contributed by atoms with van der Waals surface area (Å²) in [6.45, 7) is 0.234. The predicted molar refractivity (Wildman–Crippen MR) is 104 cm³/mol. The Kier molecular flexibility index (Phi) is 11.0. The second-order valence-corrected chi connectivity index (χ2v) is 5.95. The third-order valence-corrected chi connectivity index (χ3v) is 3.85. The van der Waals surface area contributed by atoms with E-state index in [1.54, 1.807) is 42.5 Å². The molecule has 0 unspecified atom stereocenters. The maximum absolute atomic E-state index is 12.2. The number of benzene rings is 2. The average molecular weight is 452 g/mol. The van der Waals surface area contributed by atoms with Gasteiger partial charge in [0.15, 0.2) is 5.34 Å². The van der Waals surface area contributed by atoms with E-state index in [0.29, 0.717) is 36.1 Å². The van der Waals surface area contributed by atoms with Crippen LogP contribution < -0.4 is 0 Å². The van der Waals surface area contributed by atoms with Crippen LogP contribution in [0.15, 0.2) is 59.6 Å². The molecule has 29 heavy (non-hydrogen) atoms. The topological polar surface area (TPSA) is 114 Å². The first-order chi connectivity index (χ1) is 13.6. The first-order valence-corrected chi connectivity index (χ1v) is 8.80. The quantitative estimate of drug-likeness (QED) is 0.100. The fourth-order valence-electron chi connectivity index (χ4n) is 2.46. The van der Waals surface area contributed by atoms with Crippen LogP contribution in [-0.4, -0.2) is 27.9 Å². The van der Waals surface area contributed by atoms with Crippen LogP contribution in [0.2, 0.25) is 0 Å². The number of hydrogen-bond donors (Lipinski definition) is 2. The Hall–Kier alpha value is -2.93. The molecule has 0 heterocycles. The monoisotopic (exact) mass is 450 g/mol. The van der Waals surface area contributed by atoms with Gasteiger partial charge < -0.3 is 19.9 Å². The molecule has 9 heteroatoms. The Morgan fingerprint density at radius 3 is 2.24 bits per heavy atom. The second kappa shape index (κ2) is 13.3. The third-order valence-electron chi connectivity index (χ3n) is 3.85. The van der Waals surface area contributed by atoms with Crippen molar-refractivity contribution in [3.63, 3.8) is 0 Å². The molecule has 150 valence electrons. The minimum Gasteiger partial charge on any atom is -0.507 e. The van der Waals surface area contributed by atoms with Crippen molar-refractivity contribution in [1.29, 1.82) is 0 Å². The molecule has 0 saturated carbocycles. The molecule has 8 nitrogen and oxygen atoms in total. The molecule has 0 bridgehead atoms. The number of nitrogens with zero attached hydrogens (tertiary/aromatic N) is 2. The molecule has 2 rings (SSSR count). The summed E-state index contributed by atoms with van der Waals surface area (Å²) in [5.74, 6) is 0.371. The van der Waals surface area contributed by atoms with Crippen LogP contribution in [0.1, 0.15) is 36.8 Å². The van der Waals surface area contributed by atoms with E-state index >= 15 is 0 Å². The number of allylic oxidation sites excluding steroid dienone is 1. The summed E-state index contributed by atoms with van der Waals surface area (Å²) in [6.07, 6.45) is 5.18. The van der Waals surface area contributed by atoms with Crippen molar-refractivity contribution in [1.82, 2.24) is 0 Å². The van der Waals surface area contributed by atoms with Crippen molar-refractivity contribution in [2.75, 3.05) is 6.61 Å². The number of unbranched alkanes of at least 4 members (excludes halogenated alkanes) is 2. The number of aromatic hydroxyl groups is 2. The Morgan fingerprint density at radius 1 is 1.00 bits per heavy atom. The zero-order chi connectivity index (χ0) is 20.2. The normalized spacial score (nSPS) is 11.4. The second-order valence-electron chi connectivity index (χ2n) is 5.95. The maximum Gasteiger partial charge on any atom is 0.244 e. The van der Waals surface area contributed by atoms with Crippen molar-refractivity contribution in [3.05, 3.63) is 75.5 Å². The molecule has 0 amide bonds. The average Bonchev–Trinajstić information content (AvgIpc) is 2.68. The molecular weight excluding hydrogens is 430 g/mol. The van der Waals surface area contributed by atoms with Gasteiger partial charge in [-0.15, -0.1) is 4.91 Å². The SMILES string of the molecule is O=NOCCCCCC(=Cc1ccccc1O)O/[N+]([O-])=C/c1ccccc1O.[Zn]. The fourth-order valence-corrected chi connectivity index (χ4v) is 2.46. The molecular formula is C20H22N2O6Zn. The van der Waals surface area contributed by atoms with Crippen molar-refractivity contribution in [2.24, 2.45) is 5.34 Å². The van der Waals surface area contributed by atoms with Crippen LogP contribution in [0.3, 0.4) is 0 Å². The smallest absolute Gasteiger partial charge is 0.244 e. The van der Waals surface area contributed by atoms with Gasteiger partial charge in [0.25, 0.3) is 0 Å². The van der Waals surface area contributed by atoms with Crippen LogP contribution in [0.25, 0.3) is 6.08 Å². The van der Waals surface area contributed by atoms with Crippen LogP contribution in [0, 0.1) is 10.1 Å². The Labute approximate surface area is 181 Å². The first kappa shape index (κ1) is 24.1. The number of phenolic OH excluding ortho intramolecular Hbond substituents is 2. The zero-order valence-electron chi connectivity index (χ0n) is 15.9. The molecule has 0 aromatic heterocycles. The molecule has 0 radical (unpaired) electrons. The summed E-state index contributed by atoms with van der Waals surface area (Å²) in [5.41, 5.74) is 0.833. The minimum absolute atomic E-state index is 0. The van der Waals surface area contributed by atoms with E-state index in [2.05, 4.69) is 10.2 Å². The zero-order valence-corrected chi connectivity index (χ0v) is 18.9. The summed E-state index contributed by atoms with van der Waals surface area (Å²) in [4.78, 5) is 19.9. The first-order valence-electron chi connectivity index (χ1n) is 8.80. The molecule has 0 saturated heterocycles. The van der Waals surface area contributed by atoms with E-state index in [0.717, 1.165) is 12.6 Å². The number of phenols is 2. The third kappa shape index (κ3) is 8.74. The van der Waals surface area contributed by atoms with E-state index in [1.807, 2.05) is 0 Å². The molecule has 2 N–H and O–H groups in total. The van der Waals surface area contributed by atoms with E-state index in [1.165, 1.54) is 12.1 Å². The Morgan fingerprint density at radius 2 is 1.62 bits per heavy atom. The van der Waals surface area contributed by atoms with Crippen LogP contribution in [-0.2, 0) is 29.2 Å². The summed E-state index contributed by atoms with van der Waals surface area (Å²) >= 11 is 0. The predicted octanol–water partition coefficient (Wildman–Crippen LogP) is 4.26. The summed E-state index contributed by atoms with van der Waals surface area (Å²) < 4.78 is 0. The summed E-state index contributed by atoms with van der Waals surface area (Å²) in [7, 11) is 0. The standard InChI is InChI=1S/C20H22N2O6.Zn/c23-19-11-5-3-8-16(19)14-18(10-2-1-7-13-27-21-25)28-22(26)15-17-9-4-6-12-20(17)24;/h3-6,8-9,11-12,14-15,23-24H,1-2,7,10,13H2;/b18-14?,22-15+;. The van der Waals surface area contributed by atoms with Crippen molar-refractivity contribution < 1.29 is 44.3 Å². The Bertz CT molecular complexity index is 841. The summed E-state index contributed by atoms with van der Waals surface area (Å²) in [5, 5.41) is 34.2. The number of hydrogen-bond acceptors (Lipinski definition) is 7. The van der Waals surface area contributed by atoms with Gasteiger partial charge in [0, 0.05) is 29.9 Å². The van der Waals surface area contributed by atoms with Crippen LogP contribution >= 0.6 is 0 Å². The van der Waals surface area contributed by atoms with Crippen molar-refractivity contribution in [3.8, 4) is 11.5 Å². The Balaban J connectivity index is 0.00000420. The molecule has 0 aliphatic heterocycles. The van der Waals surface area contributed by atoms with Gasteiger partial charge in [0.05, 0.1) is 11.3 Å². The van der Waals surface area contributed by atoms with Gasteiger partial charge in [-0.1, -0.05) is 30.3 Å². The maximum atomic E-state index is 12.2. The number of rotatable bonds is 11. The van der Waals surface area contributed by atoms with Gasteiger partial charge in [0.1, 0.15) is 18.1 Å². The fraction of sp³-hybridized carbons (Fsp3) is 0.250. The summed E-state index contributed by atoms with van der Waals surface area (Å²) in [6, 6.07) is 13.1. The molecule has 0 aliphatic carbocycles. The molecule has 0 spiro atoms. The van der Waals surface area contributed by atoms with E-state index in [9.17, 15) is 20.3 Å². The largest absolute Gasteiger partial charge is 0.507 e. The van der Waals surface area contributed by atoms with Gasteiger partial charge in [-0.25, -0.2) is 0 Å². The van der Waals surface area contributed by atoms with Gasteiger partial charge in [0.2, 0.25) is 6.21 Å². The molecule has 0 aliphatic rings. The van der Waals surface area contributed by atoms with Crippen LogP contribution in [0.5, 0.6) is 11.5 Å². The minimum atomic E-state index is -0.0398. The molecule has 0 atom stereocenters. The van der Waals surface area contributed by atoms with E-state index in [-0.39, 0.29) is 42.5 Å². The molecule has 2 aromatic rings. The van der Waals surface area contributed by atoms with E-state index < -0.39 is 0 Å². The van der Waals surface area contributed by atoms with Gasteiger partial charge in [-0.05, 0) is 50.0 Å². The molecule has 0 fully saturated rings. The van der Waals surface area contributed by atoms with Gasteiger partial charge >= 0.3 is 0 Å². The molecule has 2 aromatic carbocycles.